The van der Waals surface area contributed by atoms with Gasteiger partial charge in [0.1, 0.15) is 0 Å². The van der Waals surface area contributed by atoms with Crippen molar-refractivity contribution in [2.45, 2.75) is 37.6 Å². The number of fused-ring (bicyclic) bond motifs is 3. The number of rotatable bonds is 0. The zero-order valence-corrected chi connectivity index (χ0v) is 7.66. The van der Waals surface area contributed by atoms with E-state index in [1.165, 1.54) is 36.9 Å². The number of aromatic nitrogens is 1. The highest BCUT2D eigenvalue weighted by molar-refractivity contribution is 5.57. The maximum atomic E-state index is 4.15. The van der Waals surface area contributed by atoms with E-state index in [0.29, 0.717) is 6.04 Å². The second-order valence-electron chi connectivity index (χ2n) is 4.10. The van der Waals surface area contributed by atoms with Crippen LogP contribution in [0.4, 0.5) is 5.69 Å². The minimum atomic E-state index is 0.702. The minimum Gasteiger partial charge on any atom is -0.380 e. The van der Waals surface area contributed by atoms with Crippen LogP contribution in [0.15, 0.2) is 18.5 Å². The van der Waals surface area contributed by atoms with E-state index in [1.54, 1.807) is 0 Å². The van der Waals surface area contributed by atoms with Crippen LogP contribution >= 0.6 is 0 Å². The predicted octanol–water partition coefficient (Wildman–Crippen LogP) is 2.53. The van der Waals surface area contributed by atoms with E-state index in [-0.39, 0.29) is 0 Å². The third-order valence-corrected chi connectivity index (χ3v) is 3.36. The molecule has 0 bridgehead atoms. The molecule has 0 aromatic carbocycles. The first-order chi connectivity index (χ1) is 6.45. The van der Waals surface area contributed by atoms with Crippen LogP contribution in [0.25, 0.3) is 0 Å². The van der Waals surface area contributed by atoms with Crippen molar-refractivity contribution in [2.75, 3.05) is 5.32 Å². The van der Waals surface area contributed by atoms with Crippen molar-refractivity contribution in [1.29, 1.82) is 0 Å². The highest BCUT2D eigenvalue weighted by Gasteiger charge is 2.33. The van der Waals surface area contributed by atoms with Crippen molar-refractivity contribution in [2.24, 2.45) is 0 Å². The number of nitrogens with zero attached hydrogens (tertiary/aromatic N) is 1. The number of nitrogens with one attached hydrogen (secondary N) is 1. The Labute approximate surface area is 78.4 Å². The Morgan fingerprint density at radius 3 is 3.23 bits per heavy atom. The molecule has 0 amide bonds. The van der Waals surface area contributed by atoms with Gasteiger partial charge in [0, 0.05) is 18.2 Å². The first-order valence-corrected chi connectivity index (χ1v) is 5.15. The van der Waals surface area contributed by atoms with Crippen molar-refractivity contribution >= 4 is 5.69 Å². The smallest absolute Gasteiger partial charge is 0.0565 e. The highest BCUT2D eigenvalue weighted by Crippen LogP contribution is 2.42. The molecule has 2 nitrogen and oxygen atoms in total. The maximum absolute atomic E-state index is 4.15. The van der Waals surface area contributed by atoms with Gasteiger partial charge in [0.05, 0.1) is 11.9 Å². The lowest BCUT2D eigenvalue weighted by Gasteiger charge is -2.25. The van der Waals surface area contributed by atoms with Gasteiger partial charge >= 0.3 is 0 Å². The lowest BCUT2D eigenvalue weighted by atomic mass is 9.83. The Balaban J connectivity index is 2.01. The molecular formula is C11H14N2. The van der Waals surface area contributed by atoms with E-state index >= 15 is 0 Å². The van der Waals surface area contributed by atoms with Gasteiger partial charge in [0.25, 0.3) is 0 Å². The van der Waals surface area contributed by atoms with E-state index in [2.05, 4.69) is 16.4 Å². The molecular weight excluding hydrogens is 160 g/mol. The van der Waals surface area contributed by atoms with Crippen LogP contribution in [0.1, 0.15) is 37.2 Å². The van der Waals surface area contributed by atoms with E-state index in [1.807, 2.05) is 12.4 Å². The Morgan fingerprint density at radius 2 is 2.23 bits per heavy atom. The van der Waals surface area contributed by atoms with Crippen LogP contribution in [-0.4, -0.2) is 11.0 Å². The van der Waals surface area contributed by atoms with Gasteiger partial charge in [-0.3, -0.25) is 4.98 Å². The minimum absolute atomic E-state index is 0.702. The largest absolute Gasteiger partial charge is 0.380 e. The van der Waals surface area contributed by atoms with Gasteiger partial charge in [-0.25, -0.2) is 0 Å². The van der Waals surface area contributed by atoms with Gasteiger partial charge < -0.3 is 5.32 Å². The average Bonchev–Trinajstić information content (AvgIpc) is 2.56. The second-order valence-corrected chi connectivity index (χ2v) is 4.10. The van der Waals surface area contributed by atoms with Crippen molar-refractivity contribution in [3.05, 3.63) is 24.0 Å². The summed E-state index contributed by atoms with van der Waals surface area (Å²) in [4.78, 5) is 4.15. The fourth-order valence-electron chi connectivity index (χ4n) is 2.72. The van der Waals surface area contributed by atoms with Crippen LogP contribution in [0, 0.1) is 0 Å². The topological polar surface area (TPSA) is 24.9 Å². The summed E-state index contributed by atoms with van der Waals surface area (Å²) in [5.74, 6) is 0.770. The van der Waals surface area contributed by atoms with Crippen LogP contribution < -0.4 is 5.32 Å². The van der Waals surface area contributed by atoms with E-state index < -0.39 is 0 Å². The lowest BCUT2D eigenvalue weighted by molar-refractivity contribution is 0.422. The Kier molecular flexibility index (Phi) is 1.54. The van der Waals surface area contributed by atoms with Crippen molar-refractivity contribution in [1.82, 2.24) is 4.98 Å². The molecule has 1 fully saturated rings. The van der Waals surface area contributed by atoms with Crippen molar-refractivity contribution in [3.63, 3.8) is 0 Å². The molecule has 1 N–H and O–H groups in total. The third-order valence-electron chi connectivity index (χ3n) is 3.36. The predicted molar refractivity (Wildman–Crippen MR) is 52.9 cm³/mol. The Morgan fingerprint density at radius 1 is 1.31 bits per heavy atom. The summed E-state index contributed by atoms with van der Waals surface area (Å²) >= 11 is 0. The number of anilines is 1. The summed E-state index contributed by atoms with van der Waals surface area (Å²) in [6.45, 7) is 0. The first-order valence-electron chi connectivity index (χ1n) is 5.15. The Hall–Kier alpha value is -1.05. The summed E-state index contributed by atoms with van der Waals surface area (Å²) in [5.41, 5.74) is 2.78. The van der Waals surface area contributed by atoms with E-state index in [9.17, 15) is 0 Å². The number of hydrogen-bond acceptors (Lipinski definition) is 2. The lowest BCUT2D eigenvalue weighted by Crippen LogP contribution is -2.23. The molecule has 2 unspecified atom stereocenters. The number of pyridine rings is 1. The average molecular weight is 174 g/mol. The van der Waals surface area contributed by atoms with Crippen LogP contribution in [0.2, 0.25) is 0 Å². The summed E-state index contributed by atoms with van der Waals surface area (Å²) < 4.78 is 0. The molecule has 1 aromatic rings. The summed E-state index contributed by atoms with van der Waals surface area (Å²) in [6.07, 6.45) is 9.35. The molecule has 0 radical (unpaired) electrons. The van der Waals surface area contributed by atoms with Crippen molar-refractivity contribution in [3.8, 4) is 0 Å². The molecule has 1 aliphatic heterocycles. The molecule has 2 heterocycles. The van der Waals surface area contributed by atoms with Gasteiger partial charge in [-0.15, -0.1) is 0 Å². The van der Waals surface area contributed by atoms with Gasteiger partial charge in [-0.2, -0.15) is 0 Å². The van der Waals surface area contributed by atoms with Crippen LogP contribution in [0.3, 0.4) is 0 Å². The molecule has 1 aliphatic carbocycles. The summed E-state index contributed by atoms with van der Waals surface area (Å²) in [6, 6.07) is 2.88. The van der Waals surface area contributed by atoms with Crippen LogP contribution in [0.5, 0.6) is 0 Å². The second kappa shape index (κ2) is 2.72. The standard InChI is InChI=1S/C11H14N2/c1-2-4-10-8(3-1)9-5-6-12-7-11(9)13-10/h5-8,10,13H,1-4H2. The third kappa shape index (κ3) is 1.05. The SMILES string of the molecule is c1cc2c(cn1)NC1CCCCC21. The fraction of sp³-hybridized carbons (Fsp3) is 0.545. The first kappa shape index (κ1) is 7.36. The van der Waals surface area contributed by atoms with Crippen molar-refractivity contribution < 1.29 is 0 Å². The van der Waals surface area contributed by atoms with E-state index in [4.69, 9.17) is 0 Å². The summed E-state index contributed by atoms with van der Waals surface area (Å²) in [5, 5.41) is 3.57. The molecule has 0 saturated heterocycles. The number of hydrogen-bond donors (Lipinski definition) is 1. The maximum Gasteiger partial charge on any atom is 0.0565 e. The molecule has 2 aliphatic rings. The fourth-order valence-corrected chi connectivity index (χ4v) is 2.72. The molecule has 1 aromatic heterocycles. The molecule has 2 heteroatoms. The van der Waals surface area contributed by atoms with Gasteiger partial charge in [-0.05, 0) is 24.5 Å². The summed E-state index contributed by atoms with van der Waals surface area (Å²) in [7, 11) is 0. The van der Waals surface area contributed by atoms with Gasteiger partial charge in [-0.1, -0.05) is 12.8 Å². The molecule has 13 heavy (non-hydrogen) atoms. The zero-order chi connectivity index (χ0) is 8.67. The monoisotopic (exact) mass is 174 g/mol. The molecule has 3 rings (SSSR count). The van der Waals surface area contributed by atoms with Crippen LogP contribution in [-0.2, 0) is 0 Å². The molecule has 0 spiro atoms. The van der Waals surface area contributed by atoms with Gasteiger partial charge in [0.15, 0.2) is 0 Å². The quantitative estimate of drug-likeness (QED) is 0.653. The normalized spacial score (nSPS) is 30.5. The molecule has 2 atom stereocenters. The molecule has 68 valence electrons. The molecule has 1 saturated carbocycles. The Bertz CT molecular complexity index is 322. The van der Waals surface area contributed by atoms with Gasteiger partial charge in [0.2, 0.25) is 0 Å². The highest BCUT2D eigenvalue weighted by atomic mass is 15.0. The zero-order valence-electron chi connectivity index (χ0n) is 7.66. The van der Waals surface area contributed by atoms with E-state index in [0.717, 1.165) is 5.92 Å².